The number of aliphatic hydroxyl groups is 1. The molecule has 1 radical (unpaired) electrons. The van der Waals surface area contributed by atoms with Gasteiger partial charge in [-0.2, -0.15) is 0 Å². The number of carbonyl (C=O) groups is 1. The van der Waals surface area contributed by atoms with Crippen LogP contribution in [0.15, 0.2) is 40.9 Å². The molecule has 1 heterocycles. The van der Waals surface area contributed by atoms with Crippen molar-refractivity contribution < 1.29 is 23.8 Å². The average molecular weight is 520 g/mol. The maximum atomic E-state index is 16.0. The number of Topliss-reactive ketones (excluding diaryl/α,β-unsaturated/α-hetero) is 1. The van der Waals surface area contributed by atoms with E-state index in [4.69, 9.17) is 33.7 Å². The number of hydrogen-bond acceptors (Lipinski definition) is 4. The minimum Gasteiger partial charge on any atom is -0.393 e. The molecular weight excluding hydrogens is 487 g/mol. The van der Waals surface area contributed by atoms with Crippen LogP contribution in [-0.2, 0) is 14.3 Å². The summed E-state index contributed by atoms with van der Waals surface area (Å²) in [7, 11) is 0. The van der Waals surface area contributed by atoms with Crippen LogP contribution in [0, 0.1) is 28.6 Å². The van der Waals surface area contributed by atoms with Crippen LogP contribution in [0.25, 0.3) is 0 Å². The number of halogens is 2. The highest BCUT2D eigenvalue weighted by atomic mass is 35.5. The first kappa shape index (κ1) is 24.4. The van der Waals surface area contributed by atoms with Crippen LogP contribution >= 0.6 is 24.2 Å². The summed E-state index contributed by atoms with van der Waals surface area (Å²) >= 11 is 12.8. The monoisotopic (exact) mass is 519 g/mol. The number of rotatable bonds is 1. The van der Waals surface area contributed by atoms with Gasteiger partial charge in [0.15, 0.2) is 16.5 Å². The van der Waals surface area contributed by atoms with E-state index in [1.165, 1.54) is 0 Å². The molecule has 1 N–H and O–H groups in total. The van der Waals surface area contributed by atoms with Crippen molar-refractivity contribution in [3.8, 4) is 0 Å². The predicted octanol–water partition coefficient (Wildman–Crippen LogP) is 6.05. The van der Waals surface area contributed by atoms with Gasteiger partial charge in [-0.3, -0.25) is 4.79 Å². The van der Waals surface area contributed by atoms with E-state index in [1.807, 2.05) is 51.1 Å². The molecule has 1 aliphatic heterocycles. The molecule has 1 saturated heterocycles. The number of ketones is 1. The number of alkyl halides is 1. The minimum absolute atomic E-state index is 0.0236. The summed E-state index contributed by atoms with van der Waals surface area (Å²) in [6.07, 6.45) is -0.504. The van der Waals surface area contributed by atoms with Crippen LogP contribution < -0.4 is 0 Å². The zero-order chi connectivity index (χ0) is 25.1. The van der Waals surface area contributed by atoms with E-state index in [0.29, 0.717) is 24.8 Å². The van der Waals surface area contributed by atoms with Crippen LogP contribution in [0.1, 0.15) is 64.9 Å². The van der Waals surface area contributed by atoms with E-state index in [0.717, 1.165) is 5.56 Å². The zero-order valence-corrected chi connectivity index (χ0v) is 22.2. The van der Waals surface area contributed by atoms with Gasteiger partial charge in [0.05, 0.1) is 11.1 Å². The van der Waals surface area contributed by atoms with Gasteiger partial charge in [-0.15, -0.1) is 0 Å². The normalized spacial score (nSPS) is 50.4. The Bertz CT molecular complexity index is 1110. The zero-order valence-electron chi connectivity index (χ0n) is 20.6. The third-order valence-corrected chi connectivity index (χ3v) is 11.3. The predicted molar refractivity (Wildman–Crippen MR) is 133 cm³/mol. The Kier molecular flexibility index (Phi) is 5.28. The highest BCUT2D eigenvalue weighted by Crippen LogP contribution is 2.72. The summed E-state index contributed by atoms with van der Waals surface area (Å²) in [6.45, 7) is 7.86. The molecule has 7 heteroatoms. The topological polar surface area (TPSA) is 55.8 Å². The number of ether oxygens (including phenoxy) is 2. The van der Waals surface area contributed by atoms with Crippen molar-refractivity contribution in [2.75, 3.05) is 0 Å². The van der Waals surface area contributed by atoms with Crippen molar-refractivity contribution >= 4 is 30.0 Å². The van der Waals surface area contributed by atoms with E-state index in [9.17, 15) is 9.90 Å². The first-order valence-electron chi connectivity index (χ1n) is 12.7. The molecule has 5 aliphatic rings. The van der Waals surface area contributed by atoms with E-state index in [2.05, 4.69) is 6.92 Å². The van der Waals surface area contributed by atoms with Gasteiger partial charge in [-0.05, 0) is 73.8 Å². The first-order valence-corrected chi connectivity index (χ1v) is 13.5. The molecule has 1 aromatic carbocycles. The van der Waals surface area contributed by atoms with Crippen LogP contribution in [0.3, 0.4) is 0 Å². The second-order valence-corrected chi connectivity index (χ2v) is 13.4. The number of aliphatic hydroxyl groups excluding tert-OH is 1. The minimum atomic E-state index is -1.33. The number of benzene rings is 1. The summed E-state index contributed by atoms with van der Waals surface area (Å²) in [6, 6.07) is 9.58. The molecule has 10 atom stereocenters. The van der Waals surface area contributed by atoms with Gasteiger partial charge in [-0.25, -0.2) is 4.39 Å². The molecule has 3 saturated carbocycles. The lowest BCUT2D eigenvalue weighted by Gasteiger charge is -2.61. The maximum Gasteiger partial charge on any atom is 0.181 e. The lowest BCUT2D eigenvalue weighted by atomic mass is 9.45. The molecule has 6 rings (SSSR count). The SMILES string of the molecule is CC1(C)O[C@@H]2CC3C4C[C@H](F)C5=C(Cl)C(=O)C(c6ccccc6)C[C@]5(C)C4[C@@H](O)C[C@]3(C)[C@]2([S])O1. The van der Waals surface area contributed by atoms with Crippen LogP contribution in [0.4, 0.5) is 4.39 Å². The Labute approximate surface area is 217 Å². The van der Waals surface area contributed by atoms with E-state index < -0.39 is 39.7 Å². The van der Waals surface area contributed by atoms with Gasteiger partial charge in [0, 0.05) is 11.3 Å². The van der Waals surface area contributed by atoms with E-state index in [-0.39, 0.29) is 41.1 Å². The quantitative estimate of drug-likeness (QED) is 0.490. The molecule has 189 valence electrons. The Hall–Kier alpha value is -0.920. The Morgan fingerprint density at radius 3 is 2.49 bits per heavy atom. The fraction of sp³-hybridized carbons (Fsp3) is 0.679. The molecule has 0 amide bonds. The smallest absolute Gasteiger partial charge is 0.181 e. The summed E-state index contributed by atoms with van der Waals surface area (Å²) < 4.78 is 28.6. The highest BCUT2D eigenvalue weighted by molar-refractivity contribution is 7.81. The third kappa shape index (κ3) is 3.13. The Balaban J connectivity index is 1.43. The summed E-state index contributed by atoms with van der Waals surface area (Å²) in [5.74, 6) is -1.73. The molecule has 4 nitrogen and oxygen atoms in total. The van der Waals surface area contributed by atoms with E-state index >= 15 is 4.39 Å². The first-order chi connectivity index (χ1) is 16.3. The molecule has 4 aliphatic carbocycles. The van der Waals surface area contributed by atoms with Gasteiger partial charge in [0.1, 0.15) is 12.3 Å². The van der Waals surface area contributed by atoms with Crippen LogP contribution in [-0.4, -0.2) is 40.0 Å². The number of fused-ring (bicyclic) bond motifs is 7. The van der Waals surface area contributed by atoms with Gasteiger partial charge >= 0.3 is 0 Å². The Morgan fingerprint density at radius 2 is 1.80 bits per heavy atom. The van der Waals surface area contributed by atoms with Crippen LogP contribution in [0.2, 0.25) is 0 Å². The van der Waals surface area contributed by atoms with Gasteiger partial charge in [0.25, 0.3) is 0 Å². The van der Waals surface area contributed by atoms with Gasteiger partial charge < -0.3 is 14.6 Å². The molecule has 0 spiro atoms. The van der Waals surface area contributed by atoms with E-state index in [1.54, 1.807) is 0 Å². The summed E-state index contributed by atoms with van der Waals surface area (Å²) in [4.78, 5) is 12.4. The van der Waals surface area contributed by atoms with Crippen molar-refractivity contribution in [2.24, 2.45) is 28.6 Å². The van der Waals surface area contributed by atoms with Crippen molar-refractivity contribution in [1.82, 2.24) is 0 Å². The fourth-order valence-corrected chi connectivity index (χ4v) is 9.89. The summed E-state index contributed by atoms with van der Waals surface area (Å²) in [5.41, 5.74) is 0.0147. The molecule has 4 unspecified atom stereocenters. The highest BCUT2D eigenvalue weighted by Gasteiger charge is 2.74. The number of carbonyl (C=O) groups excluding carboxylic acids is 1. The maximum absolute atomic E-state index is 16.0. The molecule has 4 fully saturated rings. The third-order valence-electron chi connectivity index (χ3n) is 10.1. The second kappa shape index (κ2) is 7.57. The fourth-order valence-electron chi connectivity index (χ4n) is 8.84. The standard InChI is InChI=1S/C28H33ClFO4S/c1-25(2)33-20-11-17-15-10-18(30)22-23(29)24(32)16(14-8-6-5-7-9-14)12-26(22,3)21(15)19(31)13-27(17,4)28(20,35)34-25/h5-9,15-21,31H,10-13H2,1-4H3/t15?,16?,17?,18-,19-,20+,21?,26+,27-,28-/m0/s1. The molecule has 0 bridgehead atoms. The van der Waals surface area contributed by atoms with Gasteiger partial charge in [0.2, 0.25) is 0 Å². The van der Waals surface area contributed by atoms with Crippen molar-refractivity contribution in [3.05, 3.63) is 46.5 Å². The molecule has 0 aromatic heterocycles. The van der Waals surface area contributed by atoms with Crippen molar-refractivity contribution in [3.63, 3.8) is 0 Å². The second-order valence-electron chi connectivity index (χ2n) is 12.4. The Morgan fingerprint density at radius 1 is 1.11 bits per heavy atom. The van der Waals surface area contributed by atoms with Crippen LogP contribution in [0.5, 0.6) is 0 Å². The average Bonchev–Trinajstić information content (AvgIpc) is 3.13. The molecular formula is C28H33ClFO4S. The number of allylic oxidation sites excluding steroid dienone is 1. The van der Waals surface area contributed by atoms with Crippen molar-refractivity contribution in [1.29, 1.82) is 0 Å². The lowest BCUT2D eigenvalue weighted by Crippen LogP contribution is -2.61. The number of hydrogen-bond donors (Lipinski definition) is 1. The lowest BCUT2D eigenvalue weighted by molar-refractivity contribution is -0.208. The van der Waals surface area contributed by atoms with Crippen molar-refractivity contribution in [2.45, 2.75) is 88.4 Å². The largest absolute Gasteiger partial charge is 0.393 e. The summed E-state index contributed by atoms with van der Waals surface area (Å²) in [5, 5.41) is 11.8. The molecule has 35 heavy (non-hydrogen) atoms. The van der Waals surface area contributed by atoms with Gasteiger partial charge in [-0.1, -0.05) is 68.4 Å². The molecule has 1 aromatic rings.